The molecule has 170 valence electrons. The first-order chi connectivity index (χ1) is 15.6. The summed E-state index contributed by atoms with van der Waals surface area (Å²) >= 11 is 5.88. The van der Waals surface area contributed by atoms with Gasteiger partial charge in [0.25, 0.3) is 5.56 Å². The largest absolute Gasteiger partial charge is 0.416 e. The molecule has 0 fully saturated rings. The molecule has 2 aromatic carbocycles. The summed E-state index contributed by atoms with van der Waals surface area (Å²) in [6, 6.07) is 8.16. The predicted octanol–water partition coefficient (Wildman–Crippen LogP) is 3.49. The van der Waals surface area contributed by atoms with Crippen LogP contribution in [-0.2, 0) is 24.1 Å². The summed E-state index contributed by atoms with van der Waals surface area (Å²) in [6.07, 6.45) is -3.52. The van der Waals surface area contributed by atoms with Crippen LogP contribution in [0.4, 0.5) is 23.2 Å². The fourth-order valence-corrected chi connectivity index (χ4v) is 3.18. The van der Waals surface area contributed by atoms with E-state index in [2.05, 4.69) is 20.6 Å². The van der Waals surface area contributed by atoms with Crippen LogP contribution < -0.4 is 10.9 Å². The highest BCUT2D eigenvalue weighted by molar-refractivity contribution is 6.33. The Balaban J connectivity index is 1.54. The van der Waals surface area contributed by atoms with Gasteiger partial charge in [-0.25, -0.2) is 14.1 Å². The molecule has 0 radical (unpaired) electrons. The summed E-state index contributed by atoms with van der Waals surface area (Å²) in [7, 11) is 0. The predicted molar refractivity (Wildman–Crippen MR) is 110 cm³/mol. The quantitative estimate of drug-likeness (QED) is 0.441. The van der Waals surface area contributed by atoms with Gasteiger partial charge in [0.15, 0.2) is 11.2 Å². The van der Waals surface area contributed by atoms with Gasteiger partial charge < -0.3 is 5.32 Å². The number of carbonyl (C=O) groups is 1. The molecular weight excluding hydrogens is 468 g/mol. The third-order valence-corrected chi connectivity index (χ3v) is 4.95. The molecule has 2 heterocycles. The standard InChI is InChI=1S/C20H13ClF4N6O2/c21-14-6-3-12(20(23,24)25)7-15(14)27-16(32)9-30-10-26-18-17(19(30)33)28-29-31(18)8-11-1-4-13(22)5-2-11/h1-7,10H,8-9H2,(H,27,32). The molecule has 0 aliphatic carbocycles. The zero-order valence-electron chi connectivity index (χ0n) is 16.5. The first kappa shape index (κ1) is 22.4. The molecule has 0 atom stereocenters. The molecule has 4 rings (SSSR count). The lowest BCUT2D eigenvalue weighted by Gasteiger charge is -2.12. The summed E-state index contributed by atoms with van der Waals surface area (Å²) in [5, 5.41) is 9.84. The highest BCUT2D eigenvalue weighted by atomic mass is 35.5. The number of hydrogen-bond acceptors (Lipinski definition) is 5. The summed E-state index contributed by atoms with van der Waals surface area (Å²) in [5.74, 6) is -1.19. The number of halogens is 5. The SMILES string of the molecule is O=C(Cn1cnc2c(nnn2Cc2ccc(F)cc2)c1=O)Nc1cc(C(F)(F)F)ccc1Cl. The van der Waals surface area contributed by atoms with Crippen molar-refractivity contribution >= 4 is 34.4 Å². The van der Waals surface area contributed by atoms with Crippen LogP contribution in [0.15, 0.2) is 53.6 Å². The number of benzene rings is 2. The molecule has 0 aliphatic rings. The molecule has 0 bridgehead atoms. The number of aromatic nitrogens is 5. The Labute approximate surface area is 187 Å². The summed E-state index contributed by atoms with van der Waals surface area (Å²) in [4.78, 5) is 29.1. The van der Waals surface area contributed by atoms with Crippen LogP contribution in [0.3, 0.4) is 0 Å². The number of rotatable bonds is 5. The monoisotopic (exact) mass is 480 g/mol. The maximum absolute atomic E-state index is 13.1. The number of nitrogens with zero attached hydrogens (tertiary/aromatic N) is 5. The molecule has 4 aromatic rings. The van der Waals surface area contributed by atoms with Crippen LogP contribution in [0, 0.1) is 5.82 Å². The Morgan fingerprint density at radius 3 is 2.55 bits per heavy atom. The number of carbonyl (C=O) groups excluding carboxylic acids is 1. The summed E-state index contributed by atoms with van der Waals surface area (Å²) in [5.41, 5.74) is -1.15. The van der Waals surface area contributed by atoms with Crippen molar-refractivity contribution in [3.05, 3.63) is 81.1 Å². The van der Waals surface area contributed by atoms with E-state index in [1.165, 1.54) is 16.8 Å². The molecule has 33 heavy (non-hydrogen) atoms. The van der Waals surface area contributed by atoms with E-state index in [9.17, 15) is 27.2 Å². The Kier molecular flexibility index (Phi) is 5.85. The van der Waals surface area contributed by atoms with Crippen molar-refractivity contribution in [2.75, 3.05) is 5.32 Å². The number of fused-ring (bicyclic) bond motifs is 1. The van der Waals surface area contributed by atoms with Gasteiger partial charge in [-0.15, -0.1) is 5.10 Å². The van der Waals surface area contributed by atoms with Crippen molar-refractivity contribution in [2.24, 2.45) is 0 Å². The van der Waals surface area contributed by atoms with Crippen molar-refractivity contribution in [2.45, 2.75) is 19.3 Å². The Bertz CT molecular complexity index is 1400. The second-order valence-corrected chi connectivity index (χ2v) is 7.37. The van der Waals surface area contributed by atoms with Gasteiger partial charge in [0.2, 0.25) is 5.91 Å². The fraction of sp³-hybridized carbons (Fsp3) is 0.150. The second-order valence-electron chi connectivity index (χ2n) is 6.96. The van der Waals surface area contributed by atoms with Gasteiger partial charge in [-0.1, -0.05) is 28.9 Å². The summed E-state index contributed by atoms with van der Waals surface area (Å²) < 4.78 is 54.1. The highest BCUT2D eigenvalue weighted by Gasteiger charge is 2.31. The van der Waals surface area contributed by atoms with Gasteiger partial charge >= 0.3 is 6.18 Å². The zero-order chi connectivity index (χ0) is 23.8. The minimum Gasteiger partial charge on any atom is -0.323 e. The number of anilines is 1. The Hall–Kier alpha value is -3.80. The lowest BCUT2D eigenvalue weighted by Crippen LogP contribution is -2.28. The molecule has 13 heteroatoms. The van der Waals surface area contributed by atoms with Gasteiger partial charge in [0, 0.05) is 0 Å². The zero-order valence-corrected chi connectivity index (χ0v) is 17.2. The average molecular weight is 481 g/mol. The van der Waals surface area contributed by atoms with Gasteiger partial charge in [0.05, 0.1) is 22.8 Å². The van der Waals surface area contributed by atoms with Crippen LogP contribution in [0.2, 0.25) is 5.02 Å². The first-order valence-electron chi connectivity index (χ1n) is 9.31. The fourth-order valence-electron chi connectivity index (χ4n) is 3.01. The van der Waals surface area contributed by atoms with Crippen molar-refractivity contribution in [3.63, 3.8) is 0 Å². The van der Waals surface area contributed by atoms with Crippen molar-refractivity contribution in [1.29, 1.82) is 0 Å². The van der Waals surface area contributed by atoms with Gasteiger partial charge in [-0.3, -0.25) is 14.2 Å². The van der Waals surface area contributed by atoms with Crippen molar-refractivity contribution < 1.29 is 22.4 Å². The molecule has 1 amide bonds. The van der Waals surface area contributed by atoms with E-state index in [4.69, 9.17) is 11.6 Å². The minimum atomic E-state index is -4.62. The lowest BCUT2D eigenvalue weighted by atomic mass is 10.2. The number of nitrogens with one attached hydrogen (secondary N) is 1. The van der Waals surface area contributed by atoms with E-state index in [1.807, 2.05) is 0 Å². The van der Waals surface area contributed by atoms with Crippen LogP contribution in [0.1, 0.15) is 11.1 Å². The Morgan fingerprint density at radius 2 is 1.85 bits per heavy atom. The van der Waals surface area contributed by atoms with Gasteiger partial charge in [-0.2, -0.15) is 13.2 Å². The van der Waals surface area contributed by atoms with Crippen LogP contribution in [-0.4, -0.2) is 30.5 Å². The van der Waals surface area contributed by atoms with Gasteiger partial charge in [-0.05, 0) is 35.9 Å². The molecule has 8 nitrogen and oxygen atoms in total. The number of alkyl halides is 3. The number of amides is 1. The van der Waals surface area contributed by atoms with E-state index < -0.39 is 35.6 Å². The van der Waals surface area contributed by atoms with Crippen molar-refractivity contribution in [3.8, 4) is 0 Å². The Morgan fingerprint density at radius 1 is 1.12 bits per heavy atom. The molecule has 2 aromatic heterocycles. The van der Waals surface area contributed by atoms with Crippen LogP contribution >= 0.6 is 11.6 Å². The smallest absolute Gasteiger partial charge is 0.323 e. The third kappa shape index (κ3) is 4.85. The van der Waals surface area contributed by atoms with E-state index in [0.717, 1.165) is 23.0 Å². The van der Waals surface area contributed by atoms with E-state index in [-0.39, 0.29) is 28.4 Å². The summed E-state index contributed by atoms with van der Waals surface area (Å²) in [6.45, 7) is -0.360. The van der Waals surface area contributed by atoms with Crippen molar-refractivity contribution in [1.82, 2.24) is 24.5 Å². The van der Waals surface area contributed by atoms with Crippen LogP contribution in [0.5, 0.6) is 0 Å². The normalized spacial score (nSPS) is 11.7. The molecule has 0 saturated heterocycles. The topological polar surface area (TPSA) is 94.7 Å². The highest BCUT2D eigenvalue weighted by Crippen LogP contribution is 2.33. The molecule has 0 spiro atoms. The lowest BCUT2D eigenvalue weighted by molar-refractivity contribution is -0.137. The molecular formula is C20H13ClF4N6O2. The molecule has 0 unspecified atom stereocenters. The minimum absolute atomic E-state index is 0.0963. The van der Waals surface area contributed by atoms with Gasteiger partial charge in [0.1, 0.15) is 18.7 Å². The first-order valence-corrected chi connectivity index (χ1v) is 9.69. The van der Waals surface area contributed by atoms with E-state index >= 15 is 0 Å². The van der Waals surface area contributed by atoms with Crippen LogP contribution in [0.25, 0.3) is 11.2 Å². The number of hydrogen-bond donors (Lipinski definition) is 1. The molecule has 0 saturated carbocycles. The maximum atomic E-state index is 13.1. The third-order valence-electron chi connectivity index (χ3n) is 4.62. The molecule has 0 aliphatic heterocycles. The average Bonchev–Trinajstić information content (AvgIpc) is 3.16. The van der Waals surface area contributed by atoms with E-state index in [1.54, 1.807) is 12.1 Å². The second kappa shape index (κ2) is 8.62. The maximum Gasteiger partial charge on any atom is 0.416 e. The molecule has 1 N–H and O–H groups in total. The van der Waals surface area contributed by atoms with E-state index in [0.29, 0.717) is 11.6 Å².